The Bertz CT molecular complexity index is 475. The standard InChI is InChI=1S/C12H16N2O5/c1-2-9(15)5-6-13-11-4-3-8(14(18)19)7-10(11)12(16)17/h3-4,7,9,13,15H,2,5-6H2,1H3,(H,16,17). The van der Waals surface area contributed by atoms with Crippen molar-refractivity contribution in [2.24, 2.45) is 0 Å². The van der Waals surface area contributed by atoms with Crippen LogP contribution in [0.3, 0.4) is 0 Å². The molecule has 0 aliphatic carbocycles. The number of anilines is 1. The van der Waals surface area contributed by atoms with Gasteiger partial charge in [0.25, 0.3) is 5.69 Å². The van der Waals surface area contributed by atoms with Gasteiger partial charge < -0.3 is 15.5 Å². The van der Waals surface area contributed by atoms with E-state index in [-0.39, 0.29) is 11.3 Å². The van der Waals surface area contributed by atoms with Crippen LogP contribution in [-0.4, -0.2) is 33.8 Å². The lowest BCUT2D eigenvalue weighted by Gasteiger charge is -2.11. The number of hydrogen-bond acceptors (Lipinski definition) is 5. The molecule has 0 spiro atoms. The summed E-state index contributed by atoms with van der Waals surface area (Å²) in [7, 11) is 0. The third kappa shape index (κ3) is 4.22. The Morgan fingerprint density at radius 1 is 1.53 bits per heavy atom. The van der Waals surface area contributed by atoms with Gasteiger partial charge in [-0.25, -0.2) is 4.79 Å². The van der Waals surface area contributed by atoms with Gasteiger partial charge in [-0.3, -0.25) is 10.1 Å². The van der Waals surface area contributed by atoms with Crippen LogP contribution in [0, 0.1) is 10.1 Å². The van der Waals surface area contributed by atoms with E-state index in [1.807, 2.05) is 6.92 Å². The molecule has 1 rings (SSSR count). The Balaban J connectivity index is 2.82. The molecule has 1 aromatic carbocycles. The molecule has 0 heterocycles. The first kappa shape index (κ1) is 14.9. The van der Waals surface area contributed by atoms with Crippen molar-refractivity contribution < 1.29 is 19.9 Å². The van der Waals surface area contributed by atoms with Crippen molar-refractivity contribution in [2.75, 3.05) is 11.9 Å². The number of carboxylic acid groups (broad SMARTS) is 1. The first-order valence-electron chi connectivity index (χ1n) is 5.89. The van der Waals surface area contributed by atoms with Crippen molar-refractivity contribution in [3.63, 3.8) is 0 Å². The summed E-state index contributed by atoms with van der Waals surface area (Å²) in [6, 6.07) is 3.62. The summed E-state index contributed by atoms with van der Waals surface area (Å²) >= 11 is 0. The minimum atomic E-state index is -1.23. The molecule has 1 atom stereocenters. The fraction of sp³-hybridized carbons (Fsp3) is 0.417. The molecule has 0 aliphatic rings. The normalized spacial score (nSPS) is 11.9. The van der Waals surface area contributed by atoms with Crippen LogP contribution in [0.5, 0.6) is 0 Å². The van der Waals surface area contributed by atoms with E-state index in [0.717, 1.165) is 6.07 Å². The molecule has 0 aromatic heterocycles. The highest BCUT2D eigenvalue weighted by molar-refractivity contribution is 5.95. The minimum absolute atomic E-state index is 0.153. The SMILES string of the molecule is CCC(O)CCNc1ccc([N+](=O)[O-])cc1C(=O)O. The molecule has 1 aromatic rings. The number of rotatable bonds is 7. The second kappa shape index (κ2) is 6.69. The van der Waals surface area contributed by atoms with Crippen molar-refractivity contribution in [2.45, 2.75) is 25.9 Å². The summed E-state index contributed by atoms with van der Waals surface area (Å²) in [4.78, 5) is 21.0. The van der Waals surface area contributed by atoms with Gasteiger partial charge in [0.15, 0.2) is 0 Å². The molecule has 0 amide bonds. The smallest absolute Gasteiger partial charge is 0.338 e. The largest absolute Gasteiger partial charge is 0.478 e. The zero-order valence-electron chi connectivity index (χ0n) is 10.5. The Morgan fingerprint density at radius 2 is 2.21 bits per heavy atom. The molecule has 19 heavy (non-hydrogen) atoms. The van der Waals surface area contributed by atoms with E-state index < -0.39 is 17.0 Å². The summed E-state index contributed by atoms with van der Waals surface area (Å²) in [5, 5.41) is 31.9. The van der Waals surface area contributed by atoms with Crippen LogP contribution in [0.15, 0.2) is 18.2 Å². The van der Waals surface area contributed by atoms with Gasteiger partial charge >= 0.3 is 5.97 Å². The highest BCUT2D eigenvalue weighted by Gasteiger charge is 2.15. The van der Waals surface area contributed by atoms with E-state index in [1.54, 1.807) is 0 Å². The quantitative estimate of drug-likeness (QED) is 0.514. The van der Waals surface area contributed by atoms with Crippen LogP contribution in [0.2, 0.25) is 0 Å². The predicted molar refractivity (Wildman–Crippen MR) is 69.5 cm³/mol. The molecule has 0 fully saturated rings. The van der Waals surface area contributed by atoms with E-state index in [0.29, 0.717) is 25.1 Å². The number of nitrogens with one attached hydrogen (secondary N) is 1. The second-order valence-corrected chi connectivity index (χ2v) is 4.07. The molecule has 0 saturated heterocycles. The number of aromatic carboxylic acids is 1. The number of carboxylic acids is 1. The van der Waals surface area contributed by atoms with Gasteiger partial charge in [-0.05, 0) is 18.9 Å². The maximum atomic E-state index is 11.0. The van der Waals surface area contributed by atoms with Gasteiger partial charge in [-0.1, -0.05) is 6.92 Å². The van der Waals surface area contributed by atoms with E-state index in [4.69, 9.17) is 5.11 Å². The number of nitro benzene ring substituents is 1. The van der Waals surface area contributed by atoms with E-state index in [1.165, 1.54) is 12.1 Å². The number of hydrogen-bond donors (Lipinski definition) is 3. The molecule has 1 unspecified atom stereocenters. The Labute approximate surface area is 110 Å². The first-order chi connectivity index (χ1) is 8.95. The number of nitrogens with zero attached hydrogens (tertiary/aromatic N) is 1. The molecule has 0 aliphatic heterocycles. The molecule has 0 radical (unpaired) electrons. The van der Waals surface area contributed by atoms with Crippen molar-refractivity contribution in [3.05, 3.63) is 33.9 Å². The van der Waals surface area contributed by atoms with Crippen molar-refractivity contribution >= 4 is 17.3 Å². The number of aliphatic hydroxyl groups excluding tert-OH is 1. The van der Waals surface area contributed by atoms with Crippen LogP contribution in [0.4, 0.5) is 11.4 Å². The van der Waals surface area contributed by atoms with E-state index in [9.17, 15) is 20.0 Å². The first-order valence-corrected chi connectivity index (χ1v) is 5.89. The van der Waals surface area contributed by atoms with Crippen molar-refractivity contribution in [1.29, 1.82) is 0 Å². The average Bonchev–Trinajstić information content (AvgIpc) is 2.38. The molecular weight excluding hydrogens is 252 g/mol. The molecule has 3 N–H and O–H groups in total. The summed E-state index contributed by atoms with van der Waals surface area (Å²) in [5.74, 6) is -1.23. The van der Waals surface area contributed by atoms with Crippen LogP contribution >= 0.6 is 0 Å². The molecule has 7 heteroatoms. The molecule has 104 valence electrons. The molecule has 0 saturated carbocycles. The van der Waals surface area contributed by atoms with Crippen LogP contribution in [0.1, 0.15) is 30.1 Å². The Hall–Kier alpha value is -2.15. The fourth-order valence-electron chi connectivity index (χ4n) is 1.55. The lowest BCUT2D eigenvalue weighted by Crippen LogP contribution is -2.14. The Morgan fingerprint density at radius 3 is 2.74 bits per heavy atom. The maximum absolute atomic E-state index is 11.0. The lowest BCUT2D eigenvalue weighted by atomic mass is 10.1. The highest BCUT2D eigenvalue weighted by atomic mass is 16.6. The zero-order valence-corrected chi connectivity index (χ0v) is 10.5. The van der Waals surface area contributed by atoms with Crippen LogP contribution < -0.4 is 5.32 Å². The number of carbonyl (C=O) groups is 1. The maximum Gasteiger partial charge on any atom is 0.338 e. The van der Waals surface area contributed by atoms with Crippen molar-refractivity contribution in [1.82, 2.24) is 0 Å². The molecule has 0 bridgehead atoms. The number of nitro groups is 1. The third-order valence-corrected chi connectivity index (χ3v) is 2.71. The minimum Gasteiger partial charge on any atom is -0.478 e. The van der Waals surface area contributed by atoms with Gasteiger partial charge in [0, 0.05) is 24.4 Å². The van der Waals surface area contributed by atoms with Gasteiger partial charge in [-0.2, -0.15) is 0 Å². The van der Waals surface area contributed by atoms with Crippen molar-refractivity contribution in [3.8, 4) is 0 Å². The summed E-state index contributed by atoms with van der Waals surface area (Å²) in [5.41, 5.74) is -0.113. The van der Waals surface area contributed by atoms with Gasteiger partial charge in [0.05, 0.1) is 16.6 Å². The third-order valence-electron chi connectivity index (χ3n) is 2.71. The predicted octanol–water partition coefficient (Wildman–Crippen LogP) is 1.87. The van der Waals surface area contributed by atoms with Gasteiger partial charge in [0.1, 0.15) is 0 Å². The monoisotopic (exact) mass is 268 g/mol. The zero-order chi connectivity index (χ0) is 14.4. The molecular formula is C12H16N2O5. The van der Waals surface area contributed by atoms with E-state index in [2.05, 4.69) is 5.32 Å². The fourth-order valence-corrected chi connectivity index (χ4v) is 1.55. The summed E-state index contributed by atoms with van der Waals surface area (Å²) in [6.45, 7) is 2.24. The van der Waals surface area contributed by atoms with Crippen LogP contribution in [0.25, 0.3) is 0 Å². The second-order valence-electron chi connectivity index (χ2n) is 4.07. The highest BCUT2D eigenvalue weighted by Crippen LogP contribution is 2.22. The summed E-state index contributed by atoms with van der Waals surface area (Å²) in [6.07, 6.45) is 0.652. The van der Waals surface area contributed by atoms with Gasteiger partial charge in [0.2, 0.25) is 0 Å². The van der Waals surface area contributed by atoms with Crippen LogP contribution in [-0.2, 0) is 0 Å². The number of aliphatic hydroxyl groups is 1. The topological polar surface area (TPSA) is 113 Å². The number of benzene rings is 1. The lowest BCUT2D eigenvalue weighted by molar-refractivity contribution is -0.384. The molecule has 7 nitrogen and oxygen atoms in total. The summed E-state index contributed by atoms with van der Waals surface area (Å²) < 4.78 is 0. The van der Waals surface area contributed by atoms with E-state index >= 15 is 0 Å². The van der Waals surface area contributed by atoms with Gasteiger partial charge in [-0.15, -0.1) is 0 Å². The average molecular weight is 268 g/mol. The Kier molecular flexibility index (Phi) is 5.25. The number of non-ortho nitro benzene ring substituents is 1.